The Balaban J connectivity index is 2.14. The van der Waals surface area contributed by atoms with Crippen LogP contribution in [0.4, 0.5) is 0 Å². The molecule has 2 aliphatic rings. The maximum Gasteiger partial charge on any atom is 0.241 e. The molecule has 0 radical (unpaired) electrons. The van der Waals surface area contributed by atoms with Crippen LogP contribution in [0.1, 0.15) is 51.9 Å². The van der Waals surface area contributed by atoms with E-state index in [1.807, 2.05) is 11.9 Å². The van der Waals surface area contributed by atoms with E-state index in [9.17, 15) is 4.79 Å². The van der Waals surface area contributed by atoms with Gasteiger partial charge in [0.2, 0.25) is 5.91 Å². The molecule has 0 spiro atoms. The van der Waals surface area contributed by atoms with Crippen LogP contribution in [0, 0.1) is 11.3 Å². The second-order valence-corrected chi connectivity index (χ2v) is 6.02. The fourth-order valence-corrected chi connectivity index (χ4v) is 3.43. The van der Waals surface area contributed by atoms with E-state index in [1.54, 1.807) is 0 Å². The summed E-state index contributed by atoms with van der Waals surface area (Å²) >= 11 is 0. The van der Waals surface area contributed by atoms with Crippen LogP contribution in [0.15, 0.2) is 0 Å². The highest BCUT2D eigenvalue weighted by atomic mass is 16.2. The zero-order chi connectivity index (χ0) is 13.8. The van der Waals surface area contributed by atoms with E-state index in [1.165, 1.54) is 38.5 Å². The summed E-state index contributed by atoms with van der Waals surface area (Å²) < 4.78 is 0. The van der Waals surface area contributed by atoms with Crippen LogP contribution >= 0.6 is 0 Å². The fraction of sp³-hybridized carbons (Fsp3) is 0.867. The van der Waals surface area contributed by atoms with Gasteiger partial charge in [0.15, 0.2) is 0 Å². The molecule has 1 aliphatic carbocycles. The summed E-state index contributed by atoms with van der Waals surface area (Å²) in [5.41, 5.74) is 0. The topological polar surface area (TPSA) is 47.3 Å². The lowest BCUT2D eigenvalue weighted by molar-refractivity contribution is -0.145. The maximum absolute atomic E-state index is 12.4. The molecule has 106 valence electrons. The molecule has 19 heavy (non-hydrogen) atoms. The van der Waals surface area contributed by atoms with Crippen molar-refractivity contribution in [1.82, 2.24) is 9.80 Å². The highest BCUT2D eigenvalue weighted by Crippen LogP contribution is 2.28. The van der Waals surface area contributed by atoms with Crippen LogP contribution in [0.25, 0.3) is 0 Å². The van der Waals surface area contributed by atoms with Gasteiger partial charge in [-0.3, -0.25) is 9.69 Å². The lowest BCUT2D eigenvalue weighted by atomic mass is 9.98. The number of carbonyl (C=O) groups is 1. The largest absolute Gasteiger partial charge is 0.340 e. The maximum atomic E-state index is 12.4. The number of nitrogens with zero attached hydrogens (tertiary/aromatic N) is 3. The fourth-order valence-electron chi connectivity index (χ4n) is 3.43. The van der Waals surface area contributed by atoms with E-state index >= 15 is 0 Å². The molecular formula is C15H25N3O. The first-order valence-electron chi connectivity index (χ1n) is 7.54. The van der Waals surface area contributed by atoms with Crippen LogP contribution in [0.5, 0.6) is 0 Å². The Bertz CT molecular complexity index is 355. The second-order valence-electron chi connectivity index (χ2n) is 6.02. The minimum atomic E-state index is -0.214. The third-order valence-electron chi connectivity index (χ3n) is 4.75. The van der Waals surface area contributed by atoms with Gasteiger partial charge in [-0.05, 0) is 19.8 Å². The minimum absolute atomic E-state index is 0.129. The molecule has 2 atom stereocenters. The van der Waals surface area contributed by atoms with Gasteiger partial charge in [-0.1, -0.05) is 25.7 Å². The first-order chi connectivity index (χ1) is 9.15. The van der Waals surface area contributed by atoms with Crippen molar-refractivity contribution in [3.8, 4) is 6.07 Å². The van der Waals surface area contributed by atoms with E-state index in [2.05, 4.69) is 17.9 Å². The highest BCUT2D eigenvalue weighted by Gasteiger charge is 2.39. The van der Waals surface area contributed by atoms with Crippen molar-refractivity contribution in [2.24, 2.45) is 0 Å². The molecule has 1 aliphatic heterocycles. The van der Waals surface area contributed by atoms with Crippen LogP contribution in [0.2, 0.25) is 0 Å². The first kappa shape index (κ1) is 14.3. The minimum Gasteiger partial charge on any atom is -0.340 e. The monoisotopic (exact) mass is 263 g/mol. The number of carbonyl (C=O) groups excluding carboxylic acids is 1. The number of hydrogen-bond donors (Lipinski definition) is 0. The number of nitriles is 1. The Kier molecular flexibility index (Phi) is 4.81. The average molecular weight is 263 g/mol. The van der Waals surface area contributed by atoms with Gasteiger partial charge in [-0.15, -0.1) is 0 Å². The normalized spacial score (nSPS) is 31.0. The number of likely N-dealkylation sites (N-methyl/N-ethyl adjacent to an activating group) is 1. The Labute approximate surface area is 116 Å². The average Bonchev–Trinajstić information content (AvgIpc) is 2.68. The van der Waals surface area contributed by atoms with Gasteiger partial charge in [0.1, 0.15) is 6.04 Å². The Hall–Kier alpha value is -1.08. The second kappa shape index (κ2) is 6.38. The van der Waals surface area contributed by atoms with Crippen molar-refractivity contribution in [3.63, 3.8) is 0 Å². The van der Waals surface area contributed by atoms with Crippen molar-refractivity contribution < 1.29 is 4.79 Å². The molecule has 1 heterocycles. The van der Waals surface area contributed by atoms with E-state index in [0.717, 1.165) is 6.54 Å². The summed E-state index contributed by atoms with van der Waals surface area (Å²) in [4.78, 5) is 16.5. The Morgan fingerprint density at radius 2 is 1.89 bits per heavy atom. The van der Waals surface area contributed by atoms with Crippen molar-refractivity contribution in [1.29, 1.82) is 5.26 Å². The quantitative estimate of drug-likeness (QED) is 0.717. The Morgan fingerprint density at radius 1 is 1.26 bits per heavy atom. The highest BCUT2D eigenvalue weighted by molar-refractivity contribution is 5.83. The summed E-state index contributed by atoms with van der Waals surface area (Å²) in [5, 5.41) is 9.01. The standard InChI is InChI=1S/C15H25N3O/c1-12-11-18(13-7-5-3-4-6-8-13)14(9-10-16)15(19)17(12)2/h12-14H,3-9,11H2,1-2H3. The molecule has 0 aromatic heterocycles. The molecule has 4 nitrogen and oxygen atoms in total. The van der Waals surface area contributed by atoms with Gasteiger partial charge in [0.25, 0.3) is 0 Å². The van der Waals surface area contributed by atoms with Gasteiger partial charge in [-0.25, -0.2) is 0 Å². The third-order valence-corrected chi connectivity index (χ3v) is 4.75. The number of piperazine rings is 1. The van der Waals surface area contributed by atoms with Crippen molar-refractivity contribution in [2.75, 3.05) is 13.6 Å². The van der Waals surface area contributed by atoms with Gasteiger partial charge >= 0.3 is 0 Å². The zero-order valence-electron chi connectivity index (χ0n) is 12.1. The van der Waals surface area contributed by atoms with E-state index < -0.39 is 0 Å². The van der Waals surface area contributed by atoms with Gasteiger partial charge in [0.05, 0.1) is 12.5 Å². The lowest BCUT2D eigenvalue weighted by Crippen LogP contribution is -2.61. The predicted molar refractivity (Wildman–Crippen MR) is 74.4 cm³/mol. The molecule has 0 aromatic carbocycles. The molecule has 1 saturated carbocycles. The van der Waals surface area contributed by atoms with Gasteiger partial charge in [0, 0.05) is 25.7 Å². The van der Waals surface area contributed by atoms with Gasteiger partial charge in [-0.2, -0.15) is 5.26 Å². The molecule has 0 aromatic rings. The van der Waals surface area contributed by atoms with E-state index in [0.29, 0.717) is 12.5 Å². The van der Waals surface area contributed by atoms with Crippen molar-refractivity contribution in [2.45, 2.75) is 70.0 Å². The predicted octanol–water partition coefficient (Wildman–Crippen LogP) is 2.15. The lowest BCUT2D eigenvalue weighted by Gasteiger charge is -2.46. The zero-order valence-corrected chi connectivity index (χ0v) is 12.1. The summed E-state index contributed by atoms with van der Waals surface area (Å²) in [7, 11) is 1.86. The Morgan fingerprint density at radius 3 is 2.47 bits per heavy atom. The van der Waals surface area contributed by atoms with Crippen LogP contribution in [-0.4, -0.2) is 47.4 Å². The SMILES string of the molecule is CC1CN(C2CCCCCC2)C(CC#N)C(=O)N1C. The molecule has 1 saturated heterocycles. The van der Waals surface area contributed by atoms with E-state index in [-0.39, 0.29) is 18.0 Å². The smallest absolute Gasteiger partial charge is 0.241 e. The number of amides is 1. The van der Waals surface area contributed by atoms with Gasteiger partial charge < -0.3 is 4.90 Å². The van der Waals surface area contributed by atoms with Crippen LogP contribution in [-0.2, 0) is 4.79 Å². The van der Waals surface area contributed by atoms with Crippen molar-refractivity contribution in [3.05, 3.63) is 0 Å². The first-order valence-corrected chi connectivity index (χ1v) is 7.54. The molecular weight excluding hydrogens is 238 g/mol. The number of hydrogen-bond acceptors (Lipinski definition) is 3. The molecule has 4 heteroatoms. The van der Waals surface area contributed by atoms with Crippen molar-refractivity contribution >= 4 is 5.91 Å². The van der Waals surface area contributed by atoms with Crippen LogP contribution in [0.3, 0.4) is 0 Å². The summed E-state index contributed by atoms with van der Waals surface area (Å²) in [6.07, 6.45) is 7.86. The van der Waals surface area contributed by atoms with E-state index in [4.69, 9.17) is 5.26 Å². The molecule has 2 unspecified atom stereocenters. The molecule has 1 amide bonds. The molecule has 0 N–H and O–H groups in total. The molecule has 2 fully saturated rings. The molecule has 0 bridgehead atoms. The third kappa shape index (κ3) is 3.09. The molecule has 2 rings (SSSR count). The summed E-state index contributed by atoms with van der Waals surface area (Å²) in [6, 6.07) is 2.74. The number of rotatable bonds is 2. The summed E-state index contributed by atoms with van der Waals surface area (Å²) in [5.74, 6) is 0.129. The summed E-state index contributed by atoms with van der Waals surface area (Å²) in [6.45, 7) is 3.02. The van der Waals surface area contributed by atoms with Crippen LogP contribution < -0.4 is 0 Å².